The Hall–Kier alpha value is -0.930. The Morgan fingerprint density at radius 2 is 2.12 bits per heavy atom. The predicted molar refractivity (Wildman–Crippen MR) is 68.8 cm³/mol. The number of nitrogens with zero attached hydrogens (tertiary/aromatic N) is 1. The minimum atomic E-state index is -0.259. The molecule has 1 unspecified atom stereocenters. The molecule has 2 nitrogen and oxygen atoms in total. The second kappa shape index (κ2) is 5.61. The molecule has 0 spiro atoms. The van der Waals surface area contributed by atoms with E-state index in [2.05, 4.69) is 41.4 Å². The first-order valence-corrected chi connectivity index (χ1v) is 6.33. The Morgan fingerprint density at radius 1 is 1.35 bits per heavy atom. The van der Waals surface area contributed by atoms with E-state index in [1.807, 2.05) is 6.07 Å². The zero-order valence-corrected chi connectivity index (χ0v) is 10.5. The van der Waals surface area contributed by atoms with Gasteiger partial charge in [-0.2, -0.15) is 0 Å². The monoisotopic (exact) mass is 236 g/mol. The summed E-state index contributed by atoms with van der Waals surface area (Å²) < 4.78 is 12.5. The van der Waals surface area contributed by atoms with Crippen molar-refractivity contribution in [3.63, 3.8) is 0 Å². The maximum absolute atomic E-state index is 12.5. The molecule has 94 valence electrons. The van der Waals surface area contributed by atoms with Gasteiger partial charge in [0.2, 0.25) is 0 Å². The summed E-state index contributed by atoms with van der Waals surface area (Å²) in [7, 11) is 0. The van der Waals surface area contributed by atoms with Gasteiger partial charge >= 0.3 is 0 Å². The fourth-order valence-electron chi connectivity index (χ4n) is 2.56. The molecule has 17 heavy (non-hydrogen) atoms. The molecular formula is C14H21FN2. The second-order valence-electron chi connectivity index (χ2n) is 4.94. The van der Waals surface area contributed by atoms with Crippen molar-refractivity contribution < 1.29 is 4.39 Å². The summed E-state index contributed by atoms with van der Waals surface area (Å²) in [6.45, 7) is 5.35. The highest BCUT2D eigenvalue weighted by molar-refractivity contribution is 5.24. The van der Waals surface area contributed by atoms with E-state index in [1.54, 1.807) is 0 Å². The van der Waals surface area contributed by atoms with Crippen LogP contribution < -0.4 is 5.32 Å². The van der Waals surface area contributed by atoms with E-state index in [4.69, 9.17) is 0 Å². The molecule has 1 heterocycles. The lowest BCUT2D eigenvalue weighted by Gasteiger charge is -2.33. The molecule has 0 aromatic heterocycles. The summed E-state index contributed by atoms with van der Waals surface area (Å²) in [4.78, 5) is 2.22. The van der Waals surface area contributed by atoms with E-state index in [0.717, 1.165) is 26.1 Å². The molecule has 1 aliphatic heterocycles. The average molecular weight is 236 g/mol. The summed E-state index contributed by atoms with van der Waals surface area (Å²) in [5.41, 5.74) is 1.22. The number of rotatable bonds is 3. The molecule has 0 aliphatic carbocycles. The van der Waals surface area contributed by atoms with E-state index in [9.17, 15) is 4.39 Å². The number of nitrogens with one attached hydrogen (secondary N) is 1. The third-order valence-corrected chi connectivity index (χ3v) is 3.52. The van der Waals surface area contributed by atoms with Crippen LogP contribution in [-0.2, 0) is 5.54 Å². The third-order valence-electron chi connectivity index (χ3n) is 3.52. The third kappa shape index (κ3) is 3.05. The van der Waals surface area contributed by atoms with Crippen LogP contribution in [0.2, 0.25) is 0 Å². The van der Waals surface area contributed by atoms with E-state index < -0.39 is 0 Å². The van der Waals surface area contributed by atoms with E-state index in [0.29, 0.717) is 6.54 Å². The smallest absolute Gasteiger partial charge is 0.102 e. The van der Waals surface area contributed by atoms with E-state index in [-0.39, 0.29) is 12.2 Å². The maximum atomic E-state index is 12.5. The summed E-state index contributed by atoms with van der Waals surface area (Å²) in [5, 5.41) is 3.60. The molecule has 1 fully saturated rings. The first-order valence-electron chi connectivity index (χ1n) is 6.33. The van der Waals surface area contributed by atoms with Crippen molar-refractivity contribution >= 4 is 0 Å². The number of hydrogen-bond donors (Lipinski definition) is 1. The summed E-state index contributed by atoms with van der Waals surface area (Å²) in [6, 6.07) is 10.4. The number of halogens is 1. The van der Waals surface area contributed by atoms with Crippen LogP contribution in [-0.4, -0.2) is 37.8 Å². The van der Waals surface area contributed by atoms with Gasteiger partial charge in [-0.25, -0.2) is 4.39 Å². The second-order valence-corrected chi connectivity index (χ2v) is 4.94. The van der Waals surface area contributed by atoms with Gasteiger partial charge in [-0.15, -0.1) is 0 Å². The quantitative estimate of drug-likeness (QED) is 0.865. The highest BCUT2D eigenvalue weighted by Crippen LogP contribution is 2.23. The van der Waals surface area contributed by atoms with Crippen molar-refractivity contribution in [2.75, 3.05) is 32.9 Å². The molecule has 1 atom stereocenters. The Labute approximate surface area is 103 Å². The van der Waals surface area contributed by atoms with Gasteiger partial charge in [0.05, 0.1) is 5.54 Å². The van der Waals surface area contributed by atoms with Gasteiger partial charge in [0.15, 0.2) is 0 Å². The van der Waals surface area contributed by atoms with Gasteiger partial charge in [0.1, 0.15) is 6.67 Å². The molecule has 1 aliphatic rings. The first-order chi connectivity index (χ1) is 8.24. The zero-order chi connectivity index (χ0) is 12.1. The van der Waals surface area contributed by atoms with Crippen LogP contribution in [0.5, 0.6) is 0 Å². The van der Waals surface area contributed by atoms with Crippen molar-refractivity contribution in [3.8, 4) is 0 Å². The normalized spacial score (nSPS) is 26.7. The maximum Gasteiger partial charge on any atom is 0.102 e. The highest BCUT2D eigenvalue weighted by Gasteiger charge is 2.30. The van der Waals surface area contributed by atoms with Crippen LogP contribution in [0.1, 0.15) is 18.9 Å². The molecule has 0 radical (unpaired) electrons. The topological polar surface area (TPSA) is 15.3 Å². The molecule has 1 N–H and O–H groups in total. The SMILES string of the molecule is CC1(c2ccccc2)CN(CCF)CCCN1. The molecule has 2 rings (SSSR count). The zero-order valence-electron chi connectivity index (χ0n) is 10.5. The van der Waals surface area contributed by atoms with E-state index >= 15 is 0 Å². The standard InChI is InChI=1S/C14H21FN2/c1-14(13-6-3-2-4-7-13)12-17(11-8-15)10-5-9-16-14/h2-4,6-7,16H,5,8-12H2,1H3. The molecule has 1 saturated heterocycles. The first kappa shape index (κ1) is 12.5. The van der Waals surface area contributed by atoms with Gasteiger partial charge in [-0.05, 0) is 32.0 Å². The lowest BCUT2D eigenvalue weighted by molar-refractivity contribution is 0.205. The van der Waals surface area contributed by atoms with Crippen molar-refractivity contribution in [1.29, 1.82) is 0 Å². The minimum Gasteiger partial charge on any atom is -0.307 e. The molecular weight excluding hydrogens is 215 g/mol. The van der Waals surface area contributed by atoms with Gasteiger partial charge < -0.3 is 5.32 Å². The Morgan fingerprint density at radius 3 is 2.82 bits per heavy atom. The largest absolute Gasteiger partial charge is 0.307 e. The fraction of sp³-hybridized carbons (Fsp3) is 0.571. The predicted octanol–water partition coefficient (Wildman–Crippen LogP) is 2.17. The summed E-state index contributed by atoms with van der Waals surface area (Å²) in [5.74, 6) is 0. The fourth-order valence-corrected chi connectivity index (χ4v) is 2.56. The Balaban J connectivity index is 2.16. The number of benzene rings is 1. The van der Waals surface area contributed by atoms with Crippen molar-refractivity contribution in [1.82, 2.24) is 10.2 Å². The van der Waals surface area contributed by atoms with Crippen molar-refractivity contribution in [2.45, 2.75) is 18.9 Å². The Kier molecular flexibility index (Phi) is 4.13. The van der Waals surface area contributed by atoms with E-state index in [1.165, 1.54) is 5.56 Å². The Bertz CT molecular complexity index is 341. The lowest BCUT2D eigenvalue weighted by Crippen LogP contribution is -2.46. The van der Waals surface area contributed by atoms with Crippen LogP contribution in [0.4, 0.5) is 4.39 Å². The van der Waals surface area contributed by atoms with Gasteiger partial charge in [0, 0.05) is 13.1 Å². The van der Waals surface area contributed by atoms with Crippen molar-refractivity contribution in [3.05, 3.63) is 35.9 Å². The molecule has 3 heteroatoms. The average Bonchev–Trinajstić information content (AvgIpc) is 2.54. The lowest BCUT2D eigenvalue weighted by atomic mass is 9.91. The minimum absolute atomic E-state index is 0.0626. The molecule has 0 bridgehead atoms. The van der Waals surface area contributed by atoms with Gasteiger partial charge in [0.25, 0.3) is 0 Å². The van der Waals surface area contributed by atoms with Gasteiger partial charge in [-0.3, -0.25) is 4.90 Å². The van der Waals surface area contributed by atoms with Crippen LogP contribution in [0.25, 0.3) is 0 Å². The van der Waals surface area contributed by atoms with Crippen LogP contribution >= 0.6 is 0 Å². The van der Waals surface area contributed by atoms with Crippen LogP contribution in [0, 0.1) is 0 Å². The summed E-state index contributed by atoms with van der Waals surface area (Å²) in [6.07, 6.45) is 1.09. The number of hydrogen-bond acceptors (Lipinski definition) is 2. The van der Waals surface area contributed by atoms with Crippen molar-refractivity contribution in [2.24, 2.45) is 0 Å². The highest BCUT2D eigenvalue weighted by atomic mass is 19.1. The molecule has 0 saturated carbocycles. The van der Waals surface area contributed by atoms with Gasteiger partial charge in [-0.1, -0.05) is 30.3 Å². The van der Waals surface area contributed by atoms with Crippen LogP contribution in [0.15, 0.2) is 30.3 Å². The number of alkyl halides is 1. The molecule has 1 aromatic rings. The summed E-state index contributed by atoms with van der Waals surface area (Å²) >= 11 is 0. The molecule has 1 aromatic carbocycles. The van der Waals surface area contributed by atoms with Crippen LogP contribution in [0.3, 0.4) is 0 Å². The molecule has 0 amide bonds.